The molecule has 0 aliphatic carbocycles. The van der Waals surface area contributed by atoms with Gasteiger partial charge in [0.25, 0.3) is 0 Å². The second-order valence-electron chi connectivity index (χ2n) is 4.84. The van der Waals surface area contributed by atoms with Gasteiger partial charge in [0.1, 0.15) is 0 Å². The summed E-state index contributed by atoms with van der Waals surface area (Å²) in [5.41, 5.74) is 0.810. The van der Waals surface area contributed by atoms with E-state index in [1.165, 1.54) is 0 Å². The van der Waals surface area contributed by atoms with Gasteiger partial charge in [-0.05, 0) is 17.7 Å². The van der Waals surface area contributed by atoms with E-state index in [0.717, 1.165) is 5.56 Å². The molecule has 114 valence electrons. The Kier molecular flexibility index (Phi) is 6.79. The fourth-order valence-corrected chi connectivity index (χ4v) is 1.74. The van der Waals surface area contributed by atoms with Crippen LogP contribution in [0, 0.1) is 0 Å². The molecular formula is C14H19ClF3NO. The Bertz CT molecular complexity index is 392. The minimum absolute atomic E-state index is 0.232. The standard InChI is InChI=1S/C14H19ClF3NO/c1-10(2)19-9-13(20-8-7-14(16,17)18)11-3-5-12(15)6-4-11/h3-6,10,13,19H,7-9H2,1-2H3. The van der Waals surface area contributed by atoms with Crippen LogP contribution in [0.4, 0.5) is 13.2 Å². The molecular weight excluding hydrogens is 291 g/mol. The van der Waals surface area contributed by atoms with Crippen molar-refractivity contribution in [3.05, 3.63) is 34.9 Å². The smallest absolute Gasteiger partial charge is 0.372 e. The summed E-state index contributed by atoms with van der Waals surface area (Å²) in [5.74, 6) is 0. The van der Waals surface area contributed by atoms with Crippen molar-refractivity contribution in [3.63, 3.8) is 0 Å². The van der Waals surface area contributed by atoms with Gasteiger partial charge in [-0.1, -0.05) is 37.6 Å². The molecule has 0 amide bonds. The van der Waals surface area contributed by atoms with Crippen molar-refractivity contribution in [3.8, 4) is 0 Å². The third kappa shape index (κ3) is 7.12. The second kappa shape index (κ2) is 7.86. The minimum atomic E-state index is -4.20. The zero-order chi connectivity index (χ0) is 15.2. The van der Waals surface area contributed by atoms with E-state index in [9.17, 15) is 13.2 Å². The molecule has 0 fully saturated rings. The Balaban J connectivity index is 2.62. The van der Waals surface area contributed by atoms with Crippen molar-refractivity contribution < 1.29 is 17.9 Å². The average Bonchev–Trinajstić information content (AvgIpc) is 2.33. The lowest BCUT2D eigenvalue weighted by Crippen LogP contribution is -2.29. The second-order valence-corrected chi connectivity index (χ2v) is 5.28. The van der Waals surface area contributed by atoms with Crippen molar-refractivity contribution >= 4 is 11.6 Å². The molecule has 0 radical (unpaired) electrons. The zero-order valence-corrected chi connectivity index (χ0v) is 12.3. The first-order chi connectivity index (χ1) is 9.28. The Hall–Kier alpha value is -0.780. The molecule has 0 heterocycles. The highest BCUT2D eigenvalue weighted by Crippen LogP contribution is 2.23. The molecule has 1 unspecified atom stereocenters. The summed E-state index contributed by atoms with van der Waals surface area (Å²) in [7, 11) is 0. The molecule has 0 aliphatic rings. The maximum Gasteiger partial charge on any atom is 0.391 e. The van der Waals surface area contributed by atoms with Crippen LogP contribution in [0.2, 0.25) is 5.02 Å². The highest BCUT2D eigenvalue weighted by Gasteiger charge is 2.27. The van der Waals surface area contributed by atoms with Crippen LogP contribution in [-0.2, 0) is 4.74 Å². The van der Waals surface area contributed by atoms with Gasteiger partial charge in [0.05, 0.1) is 19.1 Å². The van der Waals surface area contributed by atoms with Crippen LogP contribution in [0.5, 0.6) is 0 Å². The van der Waals surface area contributed by atoms with Crippen molar-refractivity contribution in [2.75, 3.05) is 13.2 Å². The van der Waals surface area contributed by atoms with Crippen LogP contribution in [0.3, 0.4) is 0 Å². The molecule has 0 aliphatic heterocycles. The number of benzene rings is 1. The van der Waals surface area contributed by atoms with Crippen LogP contribution in [0.1, 0.15) is 31.9 Å². The Morgan fingerprint density at radius 3 is 2.30 bits per heavy atom. The van der Waals surface area contributed by atoms with Gasteiger partial charge >= 0.3 is 6.18 Å². The first-order valence-corrected chi connectivity index (χ1v) is 6.83. The summed E-state index contributed by atoms with van der Waals surface area (Å²) in [6, 6.07) is 7.17. The quantitative estimate of drug-likeness (QED) is 0.808. The van der Waals surface area contributed by atoms with Crippen LogP contribution < -0.4 is 5.32 Å². The van der Waals surface area contributed by atoms with E-state index in [-0.39, 0.29) is 12.6 Å². The molecule has 0 saturated heterocycles. The fourth-order valence-electron chi connectivity index (χ4n) is 1.61. The van der Waals surface area contributed by atoms with E-state index in [0.29, 0.717) is 11.6 Å². The molecule has 1 aromatic rings. The third-order valence-corrected chi connectivity index (χ3v) is 2.91. The number of halogens is 4. The zero-order valence-electron chi connectivity index (χ0n) is 11.5. The lowest BCUT2D eigenvalue weighted by molar-refractivity contribution is -0.149. The Morgan fingerprint density at radius 2 is 1.80 bits per heavy atom. The summed E-state index contributed by atoms with van der Waals surface area (Å²) in [6.07, 6.45) is -5.56. The third-order valence-electron chi connectivity index (χ3n) is 2.66. The monoisotopic (exact) mass is 309 g/mol. The van der Waals surface area contributed by atoms with Crippen LogP contribution >= 0.6 is 11.6 Å². The number of hydrogen-bond acceptors (Lipinski definition) is 2. The van der Waals surface area contributed by atoms with Crippen molar-refractivity contribution in [2.45, 2.75) is 38.6 Å². The molecule has 0 aromatic heterocycles. The van der Waals surface area contributed by atoms with Crippen LogP contribution in [0.15, 0.2) is 24.3 Å². The molecule has 1 atom stereocenters. The number of rotatable bonds is 7. The SMILES string of the molecule is CC(C)NCC(OCCC(F)(F)F)c1ccc(Cl)cc1. The van der Waals surface area contributed by atoms with Gasteiger partial charge < -0.3 is 10.1 Å². The molecule has 20 heavy (non-hydrogen) atoms. The van der Waals surface area contributed by atoms with E-state index in [1.807, 2.05) is 13.8 Å². The van der Waals surface area contributed by atoms with Crippen LogP contribution in [0.25, 0.3) is 0 Å². The van der Waals surface area contributed by atoms with Crippen molar-refractivity contribution in [1.29, 1.82) is 0 Å². The van der Waals surface area contributed by atoms with Crippen molar-refractivity contribution in [2.24, 2.45) is 0 Å². The summed E-state index contributed by atoms with van der Waals surface area (Å²) < 4.78 is 41.9. The van der Waals surface area contributed by atoms with Gasteiger partial charge in [-0.25, -0.2) is 0 Å². The van der Waals surface area contributed by atoms with E-state index in [4.69, 9.17) is 16.3 Å². The molecule has 1 rings (SSSR count). The minimum Gasteiger partial charge on any atom is -0.372 e. The molecule has 2 nitrogen and oxygen atoms in total. The van der Waals surface area contributed by atoms with E-state index in [2.05, 4.69) is 5.32 Å². The van der Waals surface area contributed by atoms with Gasteiger partial charge in [0.15, 0.2) is 0 Å². The molecule has 1 aromatic carbocycles. The fraction of sp³-hybridized carbons (Fsp3) is 0.571. The predicted octanol–water partition coefficient (Wildman–Crippen LogP) is 4.35. The number of ether oxygens (including phenoxy) is 1. The highest BCUT2D eigenvalue weighted by molar-refractivity contribution is 6.30. The highest BCUT2D eigenvalue weighted by atomic mass is 35.5. The Labute approximate surface area is 122 Å². The molecule has 0 spiro atoms. The number of alkyl halides is 3. The lowest BCUT2D eigenvalue weighted by atomic mass is 10.1. The first-order valence-electron chi connectivity index (χ1n) is 6.45. The Morgan fingerprint density at radius 1 is 1.20 bits per heavy atom. The molecule has 0 saturated carbocycles. The summed E-state index contributed by atoms with van der Waals surface area (Å²) in [6.45, 7) is 4.04. The van der Waals surface area contributed by atoms with Gasteiger partial charge in [0.2, 0.25) is 0 Å². The maximum absolute atomic E-state index is 12.2. The molecule has 6 heteroatoms. The van der Waals surface area contributed by atoms with Crippen molar-refractivity contribution in [1.82, 2.24) is 5.32 Å². The van der Waals surface area contributed by atoms with Gasteiger partial charge in [-0.2, -0.15) is 13.2 Å². The normalized spacial score (nSPS) is 13.8. The van der Waals surface area contributed by atoms with Gasteiger partial charge in [-0.15, -0.1) is 0 Å². The van der Waals surface area contributed by atoms with Gasteiger partial charge in [-0.3, -0.25) is 0 Å². The van der Waals surface area contributed by atoms with E-state index >= 15 is 0 Å². The topological polar surface area (TPSA) is 21.3 Å². The maximum atomic E-state index is 12.2. The van der Waals surface area contributed by atoms with E-state index < -0.39 is 18.7 Å². The predicted molar refractivity (Wildman–Crippen MR) is 74.0 cm³/mol. The largest absolute Gasteiger partial charge is 0.391 e. The average molecular weight is 310 g/mol. The number of nitrogens with one attached hydrogen (secondary N) is 1. The summed E-state index contributed by atoms with van der Waals surface area (Å²) >= 11 is 5.80. The summed E-state index contributed by atoms with van der Waals surface area (Å²) in [4.78, 5) is 0. The van der Waals surface area contributed by atoms with Gasteiger partial charge in [0, 0.05) is 17.6 Å². The van der Waals surface area contributed by atoms with Crippen LogP contribution in [-0.4, -0.2) is 25.4 Å². The summed E-state index contributed by atoms with van der Waals surface area (Å²) in [5, 5.41) is 3.75. The molecule has 0 bridgehead atoms. The number of hydrogen-bond donors (Lipinski definition) is 1. The van der Waals surface area contributed by atoms with E-state index in [1.54, 1.807) is 24.3 Å². The molecule has 1 N–H and O–H groups in total. The lowest BCUT2D eigenvalue weighted by Gasteiger charge is -2.21. The first kappa shape index (κ1) is 17.3.